The standard InChI is InChI=1S/C15H19BN4O2/c1-14(2)15(3,4)22-16(21-14)10-9-19-13(17)20-12(10)11-7-5-6-8-18-11/h5-9H,1-4H3,(H2,17,19,20). The fourth-order valence-electron chi connectivity index (χ4n) is 2.26. The van der Waals surface area contributed by atoms with Crippen molar-refractivity contribution in [2.45, 2.75) is 38.9 Å². The molecule has 3 rings (SSSR count). The second-order valence-electron chi connectivity index (χ2n) is 6.34. The van der Waals surface area contributed by atoms with Crippen LogP contribution in [-0.4, -0.2) is 33.3 Å². The molecule has 6 nitrogen and oxygen atoms in total. The lowest BCUT2D eigenvalue weighted by Crippen LogP contribution is -2.41. The fourth-order valence-corrected chi connectivity index (χ4v) is 2.26. The predicted molar refractivity (Wildman–Crippen MR) is 85.4 cm³/mol. The van der Waals surface area contributed by atoms with Gasteiger partial charge in [0, 0.05) is 17.9 Å². The summed E-state index contributed by atoms with van der Waals surface area (Å²) in [5.41, 5.74) is 6.95. The third kappa shape index (κ3) is 2.46. The first kappa shape index (κ1) is 14.9. The third-order valence-corrected chi connectivity index (χ3v) is 4.25. The van der Waals surface area contributed by atoms with E-state index in [1.165, 1.54) is 0 Å². The van der Waals surface area contributed by atoms with Crippen LogP contribution in [0.25, 0.3) is 11.4 Å². The van der Waals surface area contributed by atoms with E-state index in [4.69, 9.17) is 15.0 Å². The maximum Gasteiger partial charge on any atom is 0.498 e. The Balaban J connectivity index is 2.06. The number of hydrogen-bond acceptors (Lipinski definition) is 6. The molecule has 0 amide bonds. The molecule has 0 radical (unpaired) electrons. The van der Waals surface area contributed by atoms with Gasteiger partial charge in [0.1, 0.15) is 0 Å². The van der Waals surface area contributed by atoms with Crippen LogP contribution in [0.4, 0.5) is 5.95 Å². The molecule has 1 aliphatic rings. The zero-order valence-electron chi connectivity index (χ0n) is 13.2. The summed E-state index contributed by atoms with van der Waals surface area (Å²) in [6.45, 7) is 8.02. The molecule has 0 aliphatic carbocycles. The number of hydrogen-bond donors (Lipinski definition) is 1. The van der Waals surface area contributed by atoms with Crippen LogP contribution in [0.3, 0.4) is 0 Å². The monoisotopic (exact) mass is 298 g/mol. The highest BCUT2D eigenvalue weighted by Crippen LogP contribution is 2.37. The SMILES string of the molecule is CC1(C)OB(c2cnc(N)nc2-c2ccccn2)OC1(C)C. The summed E-state index contributed by atoms with van der Waals surface area (Å²) in [6, 6.07) is 5.62. The molecule has 7 heteroatoms. The van der Waals surface area contributed by atoms with Crippen molar-refractivity contribution in [3.8, 4) is 11.4 Å². The predicted octanol–water partition coefficient (Wildman–Crippen LogP) is 1.42. The maximum atomic E-state index is 6.08. The van der Waals surface area contributed by atoms with Gasteiger partial charge in [-0.05, 0) is 39.8 Å². The van der Waals surface area contributed by atoms with Gasteiger partial charge in [0.15, 0.2) is 0 Å². The van der Waals surface area contributed by atoms with Crippen molar-refractivity contribution in [2.24, 2.45) is 0 Å². The number of anilines is 1. The molecule has 3 heterocycles. The molecule has 0 spiro atoms. The van der Waals surface area contributed by atoms with Crippen LogP contribution in [0.2, 0.25) is 0 Å². The zero-order valence-corrected chi connectivity index (χ0v) is 13.2. The van der Waals surface area contributed by atoms with Crippen LogP contribution >= 0.6 is 0 Å². The van der Waals surface area contributed by atoms with Crippen molar-refractivity contribution in [2.75, 3.05) is 5.73 Å². The average Bonchev–Trinajstić information content (AvgIpc) is 2.68. The summed E-state index contributed by atoms with van der Waals surface area (Å²) < 4.78 is 12.2. The Kier molecular flexibility index (Phi) is 3.42. The molecule has 2 N–H and O–H groups in total. The summed E-state index contributed by atoms with van der Waals surface area (Å²) >= 11 is 0. The van der Waals surface area contributed by atoms with Crippen molar-refractivity contribution in [3.63, 3.8) is 0 Å². The van der Waals surface area contributed by atoms with Crippen LogP contribution in [-0.2, 0) is 9.31 Å². The van der Waals surface area contributed by atoms with Gasteiger partial charge in [-0.1, -0.05) is 6.07 Å². The van der Waals surface area contributed by atoms with Gasteiger partial charge < -0.3 is 15.0 Å². The van der Waals surface area contributed by atoms with Crippen molar-refractivity contribution < 1.29 is 9.31 Å². The summed E-state index contributed by atoms with van der Waals surface area (Å²) in [7, 11) is -0.553. The van der Waals surface area contributed by atoms with E-state index in [1.54, 1.807) is 12.4 Å². The summed E-state index contributed by atoms with van der Waals surface area (Å²) in [5, 5.41) is 0. The Morgan fingerprint density at radius 3 is 2.32 bits per heavy atom. The van der Waals surface area contributed by atoms with Crippen LogP contribution in [0, 0.1) is 0 Å². The molecule has 2 aromatic rings. The minimum Gasteiger partial charge on any atom is -0.399 e. The number of nitrogens with two attached hydrogens (primary N) is 1. The van der Waals surface area contributed by atoms with Crippen molar-refractivity contribution in [1.29, 1.82) is 0 Å². The van der Waals surface area contributed by atoms with Gasteiger partial charge in [-0.3, -0.25) is 4.98 Å². The molecule has 1 aliphatic heterocycles. The van der Waals surface area contributed by atoms with Gasteiger partial charge in [-0.15, -0.1) is 0 Å². The van der Waals surface area contributed by atoms with Gasteiger partial charge >= 0.3 is 7.12 Å². The van der Waals surface area contributed by atoms with E-state index >= 15 is 0 Å². The lowest BCUT2D eigenvalue weighted by Gasteiger charge is -2.32. The number of rotatable bonds is 2. The summed E-state index contributed by atoms with van der Waals surface area (Å²) in [4.78, 5) is 12.7. The Labute approximate surface area is 130 Å². The van der Waals surface area contributed by atoms with E-state index in [1.807, 2.05) is 45.9 Å². The number of nitrogen functional groups attached to an aromatic ring is 1. The van der Waals surface area contributed by atoms with Gasteiger partial charge in [-0.25, -0.2) is 9.97 Å². The number of nitrogens with zero attached hydrogens (tertiary/aromatic N) is 3. The topological polar surface area (TPSA) is 83.2 Å². The molecule has 0 saturated carbocycles. The highest BCUT2D eigenvalue weighted by atomic mass is 16.7. The molecule has 0 atom stereocenters. The molecule has 114 valence electrons. The second kappa shape index (κ2) is 5.03. The molecule has 0 bridgehead atoms. The highest BCUT2D eigenvalue weighted by Gasteiger charge is 2.52. The third-order valence-electron chi connectivity index (χ3n) is 4.25. The van der Waals surface area contributed by atoms with Crippen molar-refractivity contribution in [1.82, 2.24) is 15.0 Å². The van der Waals surface area contributed by atoms with Gasteiger partial charge in [-0.2, -0.15) is 0 Å². The van der Waals surface area contributed by atoms with E-state index in [-0.39, 0.29) is 5.95 Å². The van der Waals surface area contributed by atoms with Gasteiger partial charge in [0.05, 0.1) is 22.6 Å². The second-order valence-corrected chi connectivity index (χ2v) is 6.34. The maximum absolute atomic E-state index is 6.08. The van der Waals surface area contributed by atoms with Gasteiger partial charge in [0.25, 0.3) is 0 Å². The molecular weight excluding hydrogens is 279 g/mol. The molecule has 2 aromatic heterocycles. The Morgan fingerprint density at radius 2 is 1.73 bits per heavy atom. The van der Waals surface area contributed by atoms with E-state index in [2.05, 4.69) is 15.0 Å². The van der Waals surface area contributed by atoms with Crippen LogP contribution < -0.4 is 11.2 Å². The Hall–Kier alpha value is -1.99. The molecule has 22 heavy (non-hydrogen) atoms. The van der Waals surface area contributed by atoms with Crippen molar-refractivity contribution >= 4 is 18.5 Å². The fraction of sp³-hybridized carbons (Fsp3) is 0.400. The lowest BCUT2D eigenvalue weighted by atomic mass is 9.78. The van der Waals surface area contributed by atoms with E-state index in [0.717, 1.165) is 5.46 Å². The van der Waals surface area contributed by atoms with E-state index in [9.17, 15) is 0 Å². The van der Waals surface area contributed by atoms with Gasteiger partial charge in [0.2, 0.25) is 5.95 Å². The average molecular weight is 298 g/mol. The molecule has 0 aromatic carbocycles. The number of aromatic nitrogens is 3. The quantitative estimate of drug-likeness (QED) is 0.844. The normalized spacial score (nSPS) is 19.4. The summed E-state index contributed by atoms with van der Waals surface area (Å²) in [5.74, 6) is 0.195. The molecule has 0 unspecified atom stereocenters. The first-order chi connectivity index (χ1) is 10.3. The lowest BCUT2D eigenvalue weighted by molar-refractivity contribution is 0.00578. The minimum atomic E-state index is -0.553. The first-order valence-electron chi connectivity index (χ1n) is 7.20. The summed E-state index contributed by atoms with van der Waals surface area (Å²) in [6.07, 6.45) is 3.36. The van der Waals surface area contributed by atoms with Crippen molar-refractivity contribution in [3.05, 3.63) is 30.6 Å². The van der Waals surface area contributed by atoms with Crippen LogP contribution in [0.5, 0.6) is 0 Å². The highest BCUT2D eigenvalue weighted by molar-refractivity contribution is 6.63. The largest absolute Gasteiger partial charge is 0.498 e. The Morgan fingerprint density at radius 1 is 1.05 bits per heavy atom. The zero-order chi connectivity index (χ0) is 16.0. The Bertz CT molecular complexity index is 675. The minimum absolute atomic E-state index is 0.195. The van der Waals surface area contributed by atoms with Crippen LogP contribution in [0.15, 0.2) is 30.6 Å². The van der Waals surface area contributed by atoms with Crippen LogP contribution in [0.1, 0.15) is 27.7 Å². The molecular formula is C15H19BN4O2. The molecule has 1 saturated heterocycles. The molecule has 1 fully saturated rings. The number of pyridine rings is 1. The van der Waals surface area contributed by atoms with E-state index in [0.29, 0.717) is 11.4 Å². The smallest absolute Gasteiger partial charge is 0.399 e. The van der Waals surface area contributed by atoms with E-state index < -0.39 is 18.3 Å². The first-order valence-corrected chi connectivity index (χ1v) is 7.20.